The molecule has 0 heterocycles. The molecule has 2 atom stereocenters. The molecule has 0 saturated carbocycles. The first-order valence-electron chi connectivity index (χ1n) is 6.81. The molecule has 0 rings (SSSR count). The molecular formula is C16H30. The van der Waals surface area contributed by atoms with Crippen LogP contribution in [0.5, 0.6) is 0 Å². The molecule has 0 aromatic carbocycles. The van der Waals surface area contributed by atoms with E-state index in [1.807, 2.05) is 0 Å². The summed E-state index contributed by atoms with van der Waals surface area (Å²) in [6.07, 6.45) is 4.89. The maximum Gasteiger partial charge on any atom is 0.000647 e. The van der Waals surface area contributed by atoms with E-state index in [0.717, 1.165) is 5.92 Å². The lowest BCUT2D eigenvalue weighted by Gasteiger charge is -2.25. The third kappa shape index (κ3) is 4.55. The molecule has 0 nitrogen and oxygen atoms in total. The van der Waals surface area contributed by atoms with Gasteiger partial charge < -0.3 is 0 Å². The molecule has 94 valence electrons. The lowest BCUT2D eigenvalue weighted by atomic mass is 9.80. The van der Waals surface area contributed by atoms with E-state index in [1.54, 1.807) is 11.1 Å². The Morgan fingerprint density at radius 1 is 1.06 bits per heavy atom. The van der Waals surface area contributed by atoms with Crippen molar-refractivity contribution >= 4 is 0 Å². The van der Waals surface area contributed by atoms with Gasteiger partial charge in [0.25, 0.3) is 0 Å². The van der Waals surface area contributed by atoms with Gasteiger partial charge in [-0.15, -0.1) is 0 Å². The molecule has 0 fully saturated rings. The average molecular weight is 222 g/mol. The van der Waals surface area contributed by atoms with Gasteiger partial charge in [-0.2, -0.15) is 0 Å². The van der Waals surface area contributed by atoms with Crippen LogP contribution >= 0.6 is 0 Å². The summed E-state index contributed by atoms with van der Waals surface area (Å²) < 4.78 is 0. The van der Waals surface area contributed by atoms with E-state index in [2.05, 4.69) is 48.1 Å². The third-order valence-corrected chi connectivity index (χ3v) is 3.81. The number of hydrogen-bond acceptors (Lipinski definition) is 0. The van der Waals surface area contributed by atoms with Gasteiger partial charge >= 0.3 is 0 Å². The molecule has 0 aromatic heterocycles. The second-order valence-electron chi connectivity index (χ2n) is 5.16. The second kappa shape index (κ2) is 7.70. The molecule has 0 spiro atoms. The fourth-order valence-corrected chi connectivity index (χ4v) is 2.28. The first-order valence-corrected chi connectivity index (χ1v) is 6.81. The summed E-state index contributed by atoms with van der Waals surface area (Å²) in [5.41, 5.74) is 4.54. The van der Waals surface area contributed by atoms with Crippen molar-refractivity contribution in [3.05, 3.63) is 23.3 Å². The van der Waals surface area contributed by atoms with Gasteiger partial charge in [0.1, 0.15) is 0 Å². The number of rotatable bonds is 7. The monoisotopic (exact) mass is 222 g/mol. The topological polar surface area (TPSA) is 0 Å². The van der Waals surface area contributed by atoms with Crippen molar-refractivity contribution in [3.8, 4) is 0 Å². The van der Waals surface area contributed by atoms with Gasteiger partial charge in [-0.05, 0) is 39.0 Å². The predicted molar refractivity (Wildman–Crippen MR) is 75.7 cm³/mol. The molecule has 0 aliphatic carbocycles. The second-order valence-corrected chi connectivity index (χ2v) is 5.16. The minimum absolute atomic E-state index is 0.611. The Morgan fingerprint density at radius 2 is 1.62 bits per heavy atom. The molecule has 0 saturated heterocycles. The Labute approximate surface area is 103 Å². The molecule has 0 aromatic rings. The quantitative estimate of drug-likeness (QED) is 0.481. The van der Waals surface area contributed by atoms with Crippen molar-refractivity contribution in [1.29, 1.82) is 0 Å². The number of hydrogen-bond donors (Lipinski definition) is 0. The standard InChI is InChI=1S/C16H30/c1-8-13(6)11-16(12(4)5)15(10-3)14(7)9-2/h13,16H,4,8-11H2,1-3,5-7H3/b15-14+. The van der Waals surface area contributed by atoms with Crippen LogP contribution in [0.15, 0.2) is 23.3 Å². The molecule has 0 N–H and O–H groups in total. The molecule has 0 radical (unpaired) electrons. The van der Waals surface area contributed by atoms with E-state index >= 15 is 0 Å². The molecule has 2 unspecified atom stereocenters. The smallest absolute Gasteiger partial charge is 0.000647 e. The molecule has 0 heteroatoms. The van der Waals surface area contributed by atoms with Crippen LogP contribution in [0.3, 0.4) is 0 Å². The van der Waals surface area contributed by atoms with Crippen molar-refractivity contribution in [3.63, 3.8) is 0 Å². The summed E-state index contributed by atoms with van der Waals surface area (Å²) >= 11 is 0. The zero-order valence-electron chi connectivity index (χ0n) is 12.2. The van der Waals surface area contributed by atoms with Crippen LogP contribution < -0.4 is 0 Å². The van der Waals surface area contributed by atoms with E-state index in [0.29, 0.717) is 5.92 Å². The van der Waals surface area contributed by atoms with E-state index in [9.17, 15) is 0 Å². The Morgan fingerprint density at radius 3 is 1.94 bits per heavy atom. The zero-order valence-corrected chi connectivity index (χ0v) is 12.2. The Kier molecular flexibility index (Phi) is 7.45. The van der Waals surface area contributed by atoms with Crippen molar-refractivity contribution in [1.82, 2.24) is 0 Å². The van der Waals surface area contributed by atoms with Gasteiger partial charge in [-0.1, -0.05) is 57.4 Å². The predicted octanol–water partition coefficient (Wildman–Crippen LogP) is 5.75. The highest BCUT2D eigenvalue weighted by Gasteiger charge is 2.18. The summed E-state index contributed by atoms with van der Waals surface area (Å²) in [5.74, 6) is 1.41. The Balaban J connectivity index is 4.95. The lowest BCUT2D eigenvalue weighted by molar-refractivity contribution is 0.447. The zero-order chi connectivity index (χ0) is 12.7. The summed E-state index contributed by atoms with van der Waals surface area (Å²) in [6.45, 7) is 17.8. The van der Waals surface area contributed by atoms with Crippen molar-refractivity contribution in [2.24, 2.45) is 11.8 Å². The summed E-state index contributed by atoms with van der Waals surface area (Å²) in [6, 6.07) is 0. The van der Waals surface area contributed by atoms with Crippen LogP contribution in [0.1, 0.15) is 67.2 Å². The van der Waals surface area contributed by atoms with Gasteiger partial charge in [-0.25, -0.2) is 0 Å². The molecule has 0 aliphatic rings. The van der Waals surface area contributed by atoms with E-state index in [-0.39, 0.29) is 0 Å². The van der Waals surface area contributed by atoms with Crippen LogP contribution in [0.25, 0.3) is 0 Å². The molecule has 0 bridgehead atoms. The molecule has 0 amide bonds. The third-order valence-electron chi connectivity index (χ3n) is 3.81. The van der Waals surface area contributed by atoms with E-state index < -0.39 is 0 Å². The lowest BCUT2D eigenvalue weighted by Crippen LogP contribution is -2.11. The highest BCUT2D eigenvalue weighted by atomic mass is 14.2. The van der Waals surface area contributed by atoms with Crippen molar-refractivity contribution in [2.75, 3.05) is 0 Å². The minimum Gasteiger partial charge on any atom is -0.0995 e. The number of allylic oxidation sites excluding steroid dienone is 3. The van der Waals surface area contributed by atoms with Crippen LogP contribution in [0.2, 0.25) is 0 Å². The first kappa shape index (κ1) is 15.5. The fourth-order valence-electron chi connectivity index (χ4n) is 2.28. The highest BCUT2D eigenvalue weighted by molar-refractivity contribution is 5.22. The van der Waals surface area contributed by atoms with Gasteiger partial charge in [0, 0.05) is 5.92 Å². The average Bonchev–Trinajstić information content (AvgIpc) is 2.27. The van der Waals surface area contributed by atoms with Crippen molar-refractivity contribution in [2.45, 2.75) is 67.2 Å². The van der Waals surface area contributed by atoms with Gasteiger partial charge in [0.05, 0.1) is 0 Å². The van der Waals surface area contributed by atoms with Gasteiger partial charge in [0.15, 0.2) is 0 Å². The summed E-state index contributed by atoms with van der Waals surface area (Å²) in [4.78, 5) is 0. The van der Waals surface area contributed by atoms with Crippen LogP contribution in [0.4, 0.5) is 0 Å². The highest BCUT2D eigenvalue weighted by Crippen LogP contribution is 2.32. The maximum atomic E-state index is 4.19. The van der Waals surface area contributed by atoms with Crippen LogP contribution in [0, 0.1) is 11.8 Å². The summed E-state index contributed by atoms with van der Waals surface area (Å²) in [5, 5.41) is 0. The largest absolute Gasteiger partial charge is 0.0995 e. The molecular weight excluding hydrogens is 192 g/mol. The normalized spacial score (nSPS) is 16.6. The molecule has 0 aliphatic heterocycles. The van der Waals surface area contributed by atoms with E-state index in [1.165, 1.54) is 31.3 Å². The Hall–Kier alpha value is -0.520. The van der Waals surface area contributed by atoms with Gasteiger partial charge in [0.2, 0.25) is 0 Å². The molecule has 16 heavy (non-hydrogen) atoms. The van der Waals surface area contributed by atoms with Gasteiger partial charge in [-0.3, -0.25) is 0 Å². The first-order chi connectivity index (χ1) is 7.47. The summed E-state index contributed by atoms with van der Waals surface area (Å²) in [7, 11) is 0. The maximum absolute atomic E-state index is 4.19. The SMILES string of the molecule is C=C(C)C(CC(C)CC)/C(CC)=C(\C)CC. The van der Waals surface area contributed by atoms with Crippen LogP contribution in [-0.4, -0.2) is 0 Å². The van der Waals surface area contributed by atoms with Crippen LogP contribution in [-0.2, 0) is 0 Å². The minimum atomic E-state index is 0.611. The van der Waals surface area contributed by atoms with E-state index in [4.69, 9.17) is 0 Å². The van der Waals surface area contributed by atoms with Crippen molar-refractivity contribution < 1.29 is 0 Å². The Bertz CT molecular complexity index is 245. The fraction of sp³-hybridized carbons (Fsp3) is 0.750.